The lowest BCUT2D eigenvalue weighted by Gasteiger charge is -2.13. The van der Waals surface area contributed by atoms with E-state index < -0.39 is 0 Å². The maximum atomic E-state index is 8.86. The van der Waals surface area contributed by atoms with E-state index in [1.807, 2.05) is 13.1 Å². The lowest BCUT2D eigenvalue weighted by molar-refractivity contribution is 0.201. The Kier molecular flexibility index (Phi) is 3.79. The van der Waals surface area contributed by atoms with Gasteiger partial charge in [-0.2, -0.15) is 0 Å². The van der Waals surface area contributed by atoms with Crippen molar-refractivity contribution in [2.75, 3.05) is 18.5 Å². The van der Waals surface area contributed by atoms with Gasteiger partial charge in [0.05, 0.1) is 19.3 Å². The van der Waals surface area contributed by atoms with Crippen molar-refractivity contribution in [3.8, 4) is 5.75 Å². The van der Waals surface area contributed by atoms with Crippen LogP contribution in [0.25, 0.3) is 0 Å². The fourth-order valence-corrected chi connectivity index (χ4v) is 2.22. The summed E-state index contributed by atoms with van der Waals surface area (Å²) < 4.78 is 5.43. The standard InChI is InChI=1S/C15H16N4O2/c1-10-4-11-6-16-7-12(11)5-13(10)19-15-14(21-3-2-20)8-17-9-18-15/h4-5,7-9,20H,2-3,6H2,1H3,(H,17,18,19). The highest BCUT2D eigenvalue weighted by Crippen LogP contribution is 2.29. The zero-order chi connectivity index (χ0) is 14.7. The van der Waals surface area contributed by atoms with Crippen molar-refractivity contribution in [2.45, 2.75) is 13.5 Å². The molecule has 0 radical (unpaired) electrons. The maximum Gasteiger partial charge on any atom is 0.180 e. The number of anilines is 2. The number of aliphatic hydroxyl groups is 1. The molecule has 0 saturated heterocycles. The summed E-state index contributed by atoms with van der Waals surface area (Å²) in [6.45, 7) is 2.94. The first kappa shape index (κ1) is 13.5. The minimum atomic E-state index is -0.0529. The first-order chi connectivity index (χ1) is 10.3. The number of aryl methyl sites for hydroxylation is 1. The quantitative estimate of drug-likeness (QED) is 0.875. The molecule has 0 aliphatic carbocycles. The molecule has 1 aromatic carbocycles. The fraction of sp³-hybridized carbons (Fsp3) is 0.267. The number of hydrogen-bond acceptors (Lipinski definition) is 6. The Morgan fingerprint density at radius 1 is 1.38 bits per heavy atom. The van der Waals surface area contributed by atoms with E-state index in [2.05, 4.69) is 32.4 Å². The van der Waals surface area contributed by atoms with E-state index in [1.165, 1.54) is 11.9 Å². The molecule has 0 fully saturated rings. The Morgan fingerprint density at radius 3 is 3.14 bits per heavy atom. The van der Waals surface area contributed by atoms with Gasteiger partial charge in [0.25, 0.3) is 0 Å². The van der Waals surface area contributed by atoms with Crippen molar-refractivity contribution < 1.29 is 9.84 Å². The molecule has 1 aromatic heterocycles. The van der Waals surface area contributed by atoms with Crippen LogP contribution in [0, 0.1) is 6.92 Å². The van der Waals surface area contributed by atoms with Crippen LogP contribution in [-0.4, -0.2) is 34.5 Å². The lowest BCUT2D eigenvalue weighted by Crippen LogP contribution is -2.06. The summed E-state index contributed by atoms with van der Waals surface area (Å²) in [6.07, 6.45) is 4.91. The van der Waals surface area contributed by atoms with Gasteiger partial charge in [-0.3, -0.25) is 4.99 Å². The number of fused-ring (bicyclic) bond motifs is 1. The molecule has 3 rings (SSSR count). The number of hydrogen-bond donors (Lipinski definition) is 2. The van der Waals surface area contributed by atoms with E-state index in [9.17, 15) is 0 Å². The molecule has 0 unspecified atom stereocenters. The highest BCUT2D eigenvalue weighted by atomic mass is 16.5. The summed E-state index contributed by atoms with van der Waals surface area (Å²) in [5.74, 6) is 1.09. The third-order valence-electron chi connectivity index (χ3n) is 3.26. The Balaban J connectivity index is 1.88. The Bertz CT molecular complexity index is 685. The molecule has 2 aromatic rings. The van der Waals surface area contributed by atoms with Crippen molar-refractivity contribution in [1.82, 2.24) is 9.97 Å². The smallest absolute Gasteiger partial charge is 0.180 e. The number of aliphatic hydroxyl groups excluding tert-OH is 1. The van der Waals surface area contributed by atoms with E-state index in [0.29, 0.717) is 11.6 Å². The highest BCUT2D eigenvalue weighted by molar-refractivity contribution is 5.87. The molecule has 0 amide bonds. The summed E-state index contributed by atoms with van der Waals surface area (Å²) in [5.41, 5.74) is 4.42. The maximum absolute atomic E-state index is 8.86. The van der Waals surface area contributed by atoms with Gasteiger partial charge in [0.2, 0.25) is 0 Å². The van der Waals surface area contributed by atoms with Crippen LogP contribution in [-0.2, 0) is 6.54 Å². The SMILES string of the molecule is Cc1cc2c(cc1Nc1ncncc1OCCO)C=NC2. The van der Waals surface area contributed by atoms with Crippen molar-refractivity contribution in [1.29, 1.82) is 0 Å². The Hall–Kier alpha value is -2.47. The second-order valence-corrected chi connectivity index (χ2v) is 4.77. The van der Waals surface area contributed by atoms with Gasteiger partial charge < -0.3 is 15.2 Å². The molecule has 108 valence electrons. The summed E-state index contributed by atoms with van der Waals surface area (Å²) in [6, 6.07) is 4.18. The third-order valence-corrected chi connectivity index (χ3v) is 3.26. The Labute approximate surface area is 122 Å². The van der Waals surface area contributed by atoms with Crippen molar-refractivity contribution in [3.63, 3.8) is 0 Å². The molecule has 2 heterocycles. The molecule has 1 aliphatic rings. The van der Waals surface area contributed by atoms with Gasteiger partial charge in [0.1, 0.15) is 12.9 Å². The van der Waals surface area contributed by atoms with Gasteiger partial charge in [-0.1, -0.05) is 6.07 Å². The minimum Gasteiger partial charge on any atom is -0.486 e. The van der Waals surface area contributed by atoms with Gasteiger partial charge in [-0.15, -0.1) is 0 Å². The van der Waals surface area contributed by atoms with E-state index in [-0.39, 0.29) is 13.2 Å². The van der Waals surface area contributed by atoms with Crippen LogP contribution in [0.1, 0.15) is 16.7 Å². The van der Waals surface area contributed by atoms with Crippen LogP contribution < -0.4 is 10.1 Å². The number of nitrogens with zero attached hydrogens (tertiary/aromatic N) is 3. The molecule has 0 bridgehead atoms. The second-order valence-electron chi connectivity index (χ2n) is 4.77. The summed E-state index contributed by atoms with van der Waals surface area (Å²) in [7, 11) is 0. The van der Waals surface area contributed by atoms with Crippen LogP contribution in [0.3, 0.4) is 0 Å². The molecule has 0 atom stereocenters. The predicted octanol–water partition coefficient (Wildman–Crippen LogP) is 1.83. The number of aromatic nitrogens is 2. The summed E-state index contributed by atoms with van der Waals surface area (Å²) in [4.78, 5) is 12.4. The zero-order valence-electron chi connectivity index (χ0n) is 11.7. The van der Waals surface area contributed by atoms with E-state index >= 15 is 0 Å². The van der Waals surface area contributed by atoms with Gasteiger partial charge in [-0.05, 0) is 29.7 Å². The average Bonchev–Trinajstić information content (AvgIpc) is 2.94. The first-order valence-electron chi connectivity index (χ1n) is 6.72. The topological polar surface area (TPSA) is 79.6 Å². The summed E-state index contributed by atoms with van der Waals surface area (Å²) >= 11 is 0. The number of ether oxygens (including phenoxy) is 1. The molecule has 6 heteroatoms. The van der Waals surface area contributed by atoms with E-state index in [0.717, 1.165) is 23.4 Å². The van der Waals surface area contributed by atoms with Crippen molar-refractivity contribution >= 4 is 17.7 Å². The summed E-state index contributed by atoms with van der Waals surface area (Å²) in [5, 5.41) is 12.1. The van der Waals surface area contributed by atoms with Gasteiger partial charge in [0.15, 0.2) is 11.6 Å². The number of rotatable bonds is 5. The zero-order valence-corrected chi connectivity index (χ0v) is 11.7. The number of aliphatic imine (C=N–C) groups is 1. The largest absolute Gasteiger partial charge is 0.486 e. The van der Waals surface area contributed by atoms with Crippen molar-refractivity contribution in [3.05, 3.63) is 41.3 Å². The monoisotopic (exact) mass is 284 g/mol. The van der Waals surface area contributed by atoms with E-state index in [1.54, 1.807) is 6.20 Å². The normalized spacial score (nSPS) is 12.3. The van der Waals surface area contributed by atoms with E-state index in [4.69, 9.17) is 9.84 Å². The van der Waals surface area contributed by atoms with Crippen molar-refractivity contribution in [2.24, 2.45) is 4.99 Å². The number of benzene rings is 1. The van der Waals surface area contributed by atoms with Gasteiger partial charge in [0, 0.05) is 11.9 Å². The molecule has 2 N–H and O–H groups in total. The van der Waals surface area contributed by atoms with Crippen LogP contribution >= 0.6 is 0 Å². The van der Waals surface area contributed by atoms with Crippen LogP contribution in [0.2, 0.25) is 0 Å². The molecule has 21 heavy (non-hydrogen) atoms. The highest BCUT2D eigenvalue weighted by Gasteiger charge is 2.12. The average molecular weight is 284 g/mol. The molecular weight excluding hydrogens is 268 g/mol. The molecule has 0 saturated carbocycles. The predicted molar refractivity (Wildman–Crippen MR) is 80.4 cm³/mol. The van der Waals surface area contributed by atoms with Gasteiger partial charge >= 0.3 is 0 Å². The third kappa shape index (κ3) is 2.85. The molecule has 6 nitrogen and oxygen atoms in total. The fourth-order valence-electron chi connectivity index (χ4n) is 2.22. The minimum absolute atomic E-state index is 0.0529. The number of nitrogens with one attached hydrogen (secondary N) is 1. The molecular formula is C15H16N4O2. The van der Waals surface area contributed by atoms with Crippen LogP contribution in [0.15, 0.2) is 29.6 Å². The van der Waals surface area contributed by atoms with Crippen LogP contribution in [0.4, 0.5) is 11.5 Å². The second kappa shape index (κ2) is 5.88. The first-order valence-corrected chi connectivity index (χ1v) is 6.72. The Morgan fingerprint density at radius 2 is 2.29 bits per heavy atom. The molecule has 0 spiro atoms. The molecule has 1 aliphatic heterocycles. The van der Waals surface area contributed by atoms with Gasteiger partial charge in [-0.25, -0.2) is 9.97 Å². The van der Waals surface area contributed by atoms with Crippen LogP contribution in [0.5, 0.6) is 5.75 Å². The lowest BCUT2D eigenvalue weighted by atomic mass is 10.0.